The van der Waals surface area contributed by atoms with E-state index in [-0.39, 0.29) is 0 Å². The molecule has 0 amide bonds. The Morgan fingerprint density at radius 3 is 2.54 bits per heavy atom. The Hall–Kier alpha value is -2.28. The van der Waals surface area contributed by atoms with E-state index >= 15 is 0 Å². The fourth-order valence-electron chi connectivity index (χ4n) is 2.32. The van der Waals surface area contributed by atoms with E-state index in [1.54, 1.807) is 25.5 Å². The highest BCUT2D eigenvalue weighted by atomic mass is 35.5. The summed E-state index contributed by atoms with van der Waals surface area (Å²) in [6.45, 7) is 0. The Kier molecular flexibility index (Phi) is 5.98. The lowest BCUT2D eigenvalue weighted by Crippen LogP contribution is -1.92. The van der Waals surface area contributed by atoms with E-state index < -0.39 is 0 Å². The Morgan fingerprint density at radius 2 is 1.85 bits per heavy atom. The molecule has 0 bridgehead atoms. The summed E-state index contributed by atoms with van der Waals surface area (Å²) in [6.07, 6.45) is 1.61. The average Bonchev–Trinajstić information content (AvgIpc) is 3.10. The van der Waals surface area contributed by atoms with Gasteiger partial charge in [0.15, 0.2) is 5.75 Å². The predicted octanol–water partition coefficient (Wildman–Crippen LogP) is 5.58. The second kappa shape index (κ2) is 8.40. The fraction of sp³-hybridized carbons (Fsp3) is 0.111. The van der Waals surface area contributed by atoms with Gasteiger partial charge in [0.1, 0.15) is 5.75 Å². The van der Waals surface area contributed by atoms with E-state index in [0.29, 0.717) is 20.9 Å². The van der Waals surface area contributed by atoms with E-state index in [1.807, 2.05) is 29.6 Å². The predicted molar refractivity (Wildman–Crippen MR) is 108 cm³/mol. The molecule has 134 valence electrons. The van der Waals surface area contributed by atoms with E-state index in [0.717, 1.165) is 22.6 Å². The molecule has 0 fully saturated rings. The van der Waals surface area contributed by atoms with Crippen molar-refractivity contribution in [3.63, 3.8) is 0 Å². The van der Waals surface area contributed by atoms with Crippen LogP contribution >= 0.6 is 34.5 Å². The zero-order valence-electron chi connectivity index (χ0n) is 14.0. The maximum absolute atomic E-state index is 6.12. The maximum Gasteiger partial charge on any atom is 0.203 e. The minimum atomic E-state index is 0.425. The molecule has 1 heterocycles. The summed E-state index contributed by atoms with van der Waals surface area (Å²) in [5.41, 5.74) is 5.40. The highest BCUT2D eigenvalue weighted by molar-refractivity contribution is 7.14. The van der Waals surface area contributed by atoms with Crippen molar-refractivity contribution >= 4 is 45.9 Å². The number of halogens is 2. The quantitative estimate of drug-likeness (QED) is 0.427. The van der Waals surface area contributed by atoms with E-state index in [4.69, 9.17) is 32.7 Å². The molecule has 0 saturated heterocycles. The van der Waals surface area contributed by atoms with Crippen molar-refractivity contribution in [3.05, 3.63) is 57.4 Å². The van der Waals surface area contributed by atoms with E-state index in [2.05, 4.69) is 15.5 Å². The van der Waals surface area contributed by atoms with Gasteiger partial charge in [-0.25, -0.2) is 4.98 Å². The van der Waals surface area contributed by atoms with Crippen molar-refractivity contribution in [3.8, 4) is 22.8 Å². The molecular weight excluding hydrogens is 393 g/mol. The topological polar surface area (TPSA) is 55.7 Å². The van der Waals surface area contributed by atoms with Crippen LogP contribution in [0.3, 0.4) is 0 Å². The van der Waals surface area contributed by atoms with Crippen LogP contribution in [0.5, 0.6) is 11.5 Å². The zero-order chi connectivity index (χ0) is 18.5. The smallest absolute Gasteiger partial charge is 0.203 e. The molecule has 2 aromatic carbocycles. The Labute approximate surface area is 165 Å². The maximum atomic E-state index is 6.12. The number of benzene rings is 2. The molecule has 0 aliphatic rings. The number of thiazole rings is 1. The van der Waals surface area contributed by atoms with Crippen LogP contribution in [0, 0.1) is 0 Å². The zero-order valence-corrected chi connectivity index (χ0v) is 16.3. The molecule has 0 radical (unpaired) electrons. The van der Waals surface area contributed by atoms with Crippen LogP contribution in [-0.4, -0.2) is 25.4 Å². The third-order valence-electron chi connectivity index (χ3n) is 3.49. The second-order valence-corrected chi connectivity index (χ2v) is 6.80. The summed E-state index contributed by atoms with van der Waals surface area (Å²) in [5.74, 6) is 1.22. The third-order valence-corrected chi connectivity index (χ3v) is 4.79. The minimum Gasteiger partial charge on any atom is -0.496 e. The highest BCUT2D eigenvalue weighted by Crippen LogP contribution is 2.34. The molecule has 5 nitrogen and oxygen atoms in total. The van der Waals surface area contributed by atoms with Crippen molar-refractivity contribution in [2.24, 2.45) is 5.10 Å². The lowest BCUT2D eigenvalue weighted by molar-refractivity contribution is 0.415. The number of aromatic nitrogens is 1. The van der Waals surface area contributed by atoms with Gasteiger partial charge in [0.25, 0.3) is 0 Å². The van der Waals surface area contributed by atoms with Gasteiger partial charge in [-0.05, 0) is 29.8 Å². The molecule has 3 rings (SSSR count). The summed E-state index contributed by atoms with van der Waals surface area (Å²) in [6, 6.07) is 11.2. The van der Waals surface area contributed by atoms with Crippen LogP contribution in [0.25, 0.3) is 11.3 Å². The van der Waals surface area contributed by atoms with Gasteiger partial charge in [-0.3, -0.25) is 5.43 Å². The Bertz CT molecular complexity index is 921. The molecule has 0 atom stereocenters. The molecule has 0 spiro atoms. The van der Waals surface area contributed by atoms with Gasteiger partial charge in [-0.1, -0.05) is 35.3 Å². The van der Waals surface area contributed by atoms with Gasteiger partial charge < -0.3 is 9.47 Å². The van der Waals surface area contributed by atoms with Crippen molar-refractivity contribution < 1.29 is 9.47 Å². The molecular formula is C18H15Cl2N3O2S. The molecule has 0 aliphatic carbocycles. The van der Waals surface area contributed by atoms with Crippen molar-refractivity contribution in [1.82, 2.24) is 4.98 Å². The summed E-state index contributed by atoms with van der Waals surface area (Å²) in [7, 11) is 3.16. The number of anilines is 1. The van der Waals surface area contributed by atoms with Crippen LogP contribution in [0.1, 0.15) is 5.56 Å². The molecule has 1 N–H and O–H groups in total. The van der Waals surface area contributed by atoms with Gasteiger partial charge in [-0.15, -0.1) is 11.3 Å². The number of hydrazone groups is 1. The highest BCUT2D eigenvalue weighted by Gasteiger charge is 2.09. The summed E-state index contributed by atoms with van der Waals surface area (Å²) >= 11 is 13.7. The van der Waals surface area contributed by atoms with Gasteiger partial charge in [0, 0.05) is 10.9 Å². The number of methoxy groups -OCH3 is 2. The van der Waals surface area contributed by atoms with Crippen LogP contribution in [0.2, 0.25) is 10.0 Å². The molecule has 3 aromatic rings. The van der Waals surface area contributed by atoms with Crippen molar-refractivity contribution in [1.29, 1.82) is 0 Å². The minimum absolute atomic E-state index is 0.425. The van der Waals surface area contributed by atoms with Crippen molar-refractivity contribution in [2.45, 2.75) is 0 Å². The molecule has 1 aromatic heterocycles. The van der Waals surface area contributed by atoms with Crippen LogP contribution in [-0.2, 0) is 0 Å². The molecule has 0 aliphatic heterocycles. The third kappa shape index (κ3) is 4.09. The van der Waals surface area contributed by atoms with E-state index in [9.17, 15) is 0 Å². The number of hydrogen-bond donors (Lipinski definition) is 1. The lowest BCUT2D eigenvalue weighted by atomic mass is 10.1. The second-order valence-electron chi connectivity index (χ2n) is 5.13. The Morgan fingerprint density at radius 1 is 1.12 bits per heavy atom. The number of nitrogens with zero attached hydrogens (tertiary/aromatic N) is 2. The first-order chi connectivity index (χ1) is 12.6. The SMILES string of the molecule is COc1ccccc1-c1csc(N/N=C\c2cc(Cl)c(OC)c(Cl)c2)n1. The first kappa shape index (κ1) is 18.5. The summed E-state index contributed by atoms with van der Waals surface area (Å²) < 4.78 is 10.5. The summed E-state index contributed by atoms with van der Waals surface area (Å²) in [5, 5.41) is 7.63. The standard InChI is InChI=1S/C18H15Cl2N3O2S/c1-24-16-6-4-3-5-12(16)15-10-26-18(22-15)23-21-9-11-7-13(19)17(25-2)14(20)8-11/h3-10H,1-2H3,(H,22,23)/b21-9-. The van der Waals surface area contributed by atoms with Crippen LogP contribution in [0.15, 0.2) is 46.9 Å². The molecule has 0 unspecified atom stereocenters. The van der Waals surface area contributed by atoms with Crippen LogP contribution in [0.4, 0.5) is 5.13 Å². The normalized spacial score (nSPS) is 10.9. The number of hydrogen-bond acceptors (Lipinski definition) is 6. The number of rotatable bonds is 6. The van der Waals surface area contributed by atoms with Crippen LogP contribution < -0.4 is 14.9 Å². The number of ether oxygens (including phenoxy) is 2. The van der Waals surface area contributed by atoms with Gasteiger partial charge >= 0.3 is 0 Å². The molecule has 0 saturated carbocycles. The monoisotopic (exact) mass is 407 g/mol. The summed E-state index contributed by atoms with van der Waals surface area (Å²) in [4.78, 5) is 4.52. The van der Waals surface area contributed by atoms with Gasteiger partial charge in [-0.2, -0.15) is 5.10 Å². The van der Waals surface area contributed by atoms with Crippen molar-refractivity contribution in [2.75, 3.05) is 19.6 Å². The first-order valence-corrected chi connectivity index (χ1v) is 9.17. The lowest BCUT2D eigenvalue weighted by Gasteiger charge is -2.06. The molecule has 8 heteroatoms. The number of nitrogens with one attached hydrogen (secondary N) is 1. The fourth-order valence-corrected chi connectivity index (χ4v) is 3.63. The van der Waals surface area contributed by atoms with E-state index in [1.165, 1.54) is 18.4 Å². The average molecular weight is 408 g/mol. The van der Waals surface area contributed by atoms with Gasteiger partial charge in [0.2, 0.25) is 5.13 Å². The number of para-hydroxylation sites is 1. The molecule has 26 heavy (non-hydrogen) atoms. The van der Waals surface area contributed by atoms with Gasteiger partial charge in [0.05, 0.1) is 36.2 Å². The first-order valence-electron chi connectivity index (χ1n) is 7.53. The Balaban J connectivity index is 1.73. The largest absolute Gasteiger partial charge is 0.496 e.